The Balaban J connectivity index is 4.38. The van der Waals surface area contributed by atoms with Gasteiger partial charge in [0.2, 0.25) is 0 Å². The summed E-state index contributed by atoms with van der Waals surface area (Å²) in [5, 5.41) is 0. The van der Waals surface area contributed by atoms with Crippen molar-refractivity contribution in [3.63, 3.8) is 0 Å². The number of ether oxygens (including phenoxy) is 1. The first-order chi connectivity index (χ1) is 7.60. The van der Waals surface area contributed by atoms with Gasteiger partial charge in [-0.3, -0.25) is 4.79 Å². The van der Waals surface area contributed by atoms with Crippen LogP contribution in [0.1, 0.15) is 40.5 Å². The van der Waals surface area contributed by atoms with Gasteiger partial charge in [0, 0.05) is 12.1 Å². The van der Waals surface area contributed by atoms with E-state index in [9.17, 15) is 4.79 Å². The van der Waals surface area contributed by atoms with E-state index >= 15 is 0 Å². The van der Waals surface area contributed by atoms with E-state index in [1.54, 1.807) is 0 Å². The van der Waals surface area contributed by atoms with E-state index in [4.69, 9.17) is 10.5 Å². The van der Waals surface area contributed by atoms with Crippen LogP contribution in [0.15, 0.2) is 0 Å². The predicted octanol–water partition coefficient (Wildman–Crippen LogP) is 1.63. The van der Waals surface area contributed by atoms with Crippen molar-refractivity contribution in [2.75, 3.05) is 27.2 Å². The molecule has 0 aromatic heterocycles. The summed E-state index contributed by atoms with van der Waals surface area (Å²) in [6, 6.07) is 0. The molecule has 0 fully saturated rings. The zero-order chi connectivity index (χ0) is 13.7. The molecule has 0 radical (unpaired) electrons. The Hall–Kier alpha value is -0.610. The van der Waals surface area contributed by atoms with Gasteiger partial charge in [0.15, 0.2) is 0 Å². The lowest BCUT2D eigenvalue weighted by Crippen LogP contribution is -2.42. The highest BCUT2D eigenvalue weighted by Gasteiger charge is 2.37. The van der Waals surface area contributed by atoms with E-state index in [1.807, 2.05) is 46.7 Å². The van der Waals surface area contributed by atoms with Crippen LogP contribution < -0.4 is 5.73 Å². The molecule has 17 heavy (non-hydrogen) atoms. The maximum absolute atomic E-state index is 12.1. The molecule has 4 nitrogen and oxygen atoms in total. The van der Waals surface area contributed by atoms with E-state index in [2.05, 4.69) is 0 Å². The number of nitrogens with two attached hydrogens (primary N) is 1. The largest absolute Gasteiger partial charge is 0.464 e. The number of carbonyl (C=O) groups is 1. The average Bonchev–Trinajstić information content (AvgIpc) is 2.14. The molecular weight excluding hydrogens is 216 g/mol. The van der Waals surface area contributed by atoms with Crippen molar-refractivity contribution < 1.29 is 9.53 Å². The van der Waals surface area contributed by atoms with Gasteiger partial charge in [-0.15, -0.1) is 0 Å². The summed E-state index contributed by atoms with van der Waals surface area (Å²) in [6.07, 6.45) is 1.38. The van der Waals surface area contributed by atoms with Gasteiger partial charge in [0.05, 0.1) is 5.41 Å². The van der Waals surface area contributed by atoms with Crippen molar-refractivity contribution in [1.29, 1.82) is 0 Å². The van der Waals surface area contributed by atoms with Crippen LogP contribution in [0.5, 0.6) is 0 Å². The Labute approximate surface area is 105 Å². The average molecular weight is 244 g/mol. The number of esters is 1. The van der Waals surface area contributed by atoms with E-state index in [0.717, 1.165) is 13.0 Å². The van der Waals surface area contributed by atoms with Crippen LogP contribution in [-0.2, 0) is 9.53 Å². The minimum atomic E-state index is -0.482. The molecule has 0 aromatic rings. The number of hydrogen-bond acceptors (Lipinski definition) is 4. The molecular formula is C13H28N2O2. The smallest absolute Gasteiger partial charge is 0.311 e. The SMILES string of the molecule is CCC(C)(CC(C)(C)N)C(=O)OCCN(C)C. The summed E-state index contributed by atoms with van der Waals surface area (Å²) in [6.45, 7) is 8.99. The number of carbonyl (C=O) groups excluding carboxylic acids is 1. The third-order valence-corrected chi connectivity index (χ3v) is 2.89. The molecule has 0 saturated heterocycles. The highest BCUT2D eigenvalue weighted by Crippen LogP contribution is 2.32. The van der Waals surface area contributed by atoms with Crippen molar-refractivity contribution in [1.82, 2.24) is 4.90 Å². The topological polar surface area (TPSA) is 55.6 Å². The van der Waals surface area contributed by atoms with Crippen molar-refractivity contribution in [2.24, 2.45) is 11.1 Å². The highest BCUT2D eigenvalue weighted by molar-refractivity contribution is 5.76. The molecule has 0 bridgehead atoms. The standard InChI is InChI=1S/C13H28N2O2/c1-7-13(4,10-12(2,3)14)11(16)17-9-8-15(5)6/h7-10,14H2,1-6H3. The highest BCUT2D eigenvalue weighted by atomic mass is 16.5. The second-order valence-corrected chi connectivity index (χ2v) is 6.02. The third kappa shape index (κ3) is 6.64. The van der Waals surface area contributed by atoms with Gasteiger partial charge in [0.25, 0.3) is 0 Å². The van der Waals surface area contributed by atoms with E-state index in [0.29, 0.717) is 13.0 Å². The van der Waals surface area contributed by atoms with Crippen LogP contribution in [0.3, 0.4) is 0 Å². The Morgan fingerprint density at radius 1 is 1.29 bits per heavy atom. The number of hydrogen-bond donors (Lipinski definition) is 1. The molecule has 0 aliphatic carbocycles. The molecule has 0 spiro atoms. The van der Waals surface area contributed by atoms with Crippen LogP contribution in [-0.4, -0.2) is 43.7 Å². The van der Waals surface area contributed by atoms with Crippen LogP contribution >= 0.6 is 0 Å². The normalized spacial score (nSPS) is 15.8. The third-order valence-electron chi connectivity index (χ3n) is 2.89. The minimum Gasteiger partial charge on any atom is -0.464 e. The lowest BCUT2D eigenvalue weighted by molar-refractivity contribution is -0.156. The molecule has 1 unspecified atom stereocenters. The molecule has 0 amide bonds. The summed E-state index contributed by atoms with van der Waals surface area (Å²) in [4.78, 5) is 14.0. The molecule has 0 rings (SSSR count). The lowest BCUT2D eigenvalue weighted by Gasteiger charge is -2.32. The fourth-order valence-electron chi connectivity index (χ4n) is 1.84. The number of likely N-dealkylation sites (N-methyl/N-ethyl adjacent to an activating group) is 1. The van der Waals surface area contributed by atoms with E-state index < -0.39 is 5.41 Å². The zero-order valence-corrected chi connectivity index (χ0v) is 12.2. The van der Waals surface area contributed by atoms with Gasteiger partial charge in [-0.2, -0.15) is 0 Å². The molecule has 0 saturated carbocycles. The van der Waals surface area contributed by atoms with Crippen LogP contribution in [0.4, 0.5) is 0 Å². The van der Waals surface area contributed by atoms with Gasteiger partial charge in [-0.25, -0.2) is 0 Å². The molecule has 4 heteroatoms. The van der Waals surface area contributed by atoms with Crippen molar-refractivity contribution in [3.8, 4) is 0 Å². The summed E-state index contributed by atoms with van der Waals surface area (Å²) < 4.78 is 5.32. The maximum atomic E-state index is 12.1. The Morgan fingerprint density at radius 3 is 2.18 bits per heavy atom. The molecule has 2 N–H and O–H groups in total. The first-order valence-corrected chi connectivity index (χ1v) is 6.21. The van der Waals surface area contributed by atoms with E-state index in [1.165, 1.54) is 0 Å². The number of rotatable bonds is 7. The maximum Gasteiger partial charge on any atom is 0.311 e. The van der Waals surface area contributed by atoms with Gasteiger partial charge >= 0.3 is 5.97 Å². The molecule has 0 aliphatic heterocycles. The summed E-state index contributed by atoms with van der Waals surface area (Å²) >= 11 is 0. The van der Waals surface area contributed by atoms with Crippen LogP contribution in [0, 0.1) is 5.41 Å². The van der Waals surface area contributed by atoms with Gasteiger partial charge in [-0.1, -0.05) is 6.92 Å². The fraction of sp³-hybridized carbons (Fsp3) is 0.923. The van der Waals surface area contributed by atoms with Gasteiger partial charge in [-0.05, 0) is 47.7 Å². The van der Waals surface area contributed by atoms with Gasteiger partial charge in [0.1, 0.15) is 6.61 Å². The fourth-order valence-corrected chi connectivity index (χ4v) is 1.84. The molecule has 0 aliphatic rings. The minimum absolute atomic E-state index is 0.139. The zero-order valence-electron chi connectivity index (χ0n) is 12.2. The first kappa shape index (κ1) is 16.4. The summed E-state index contributed by atoms with van der Waals surface area (Å²) in [7, 11) is 3.91. The molecule has 1 atom stereocenters. The Kier molecular flexibility index (Phi) is 6.13. The van der Waals surface area contributed by atoms with Crippen molar-refractivity contribution in [2.45, 2.75) is 46.1 Å². The second kappa shape index (κ2) is 6.36. The summed E-state index contributed by atoms with van der Waals surface area (Å²) in [5.41, 5.74) is 5.16. The Bertz CT molecular complexity index is 246. The number of nitrogens with zero attached hydrogens (tertiary/aromatic N) is 1. The van der Waals surface area contributed by atoms with Crippen molar-refractivity contribution in [3.05, 3.63) is 0 Å². The lowest BCUT2D eigenvalue weighted by atomic mass is 9.77. The predicted molar refractivity (Wildman–Crippen MR) is 70.8 cm³/mol. The Morgan fingerprint density at radius 2 is 1.82 bits per heavy atom. The van der Waals surface area contributed by atoms with Crippen LogP contribution in [0.2, 0.25) is 0 Å². The molecule has 0 aromatic carbocycles. The quantitative estimate of drug-likeness (QED) is 0.692. The van der Waals surface area contributed by atoms with E-state index in [-0.39, 0.29) is 11.5 Å². The van der Waals surface area contributed by atoms with Crippen molar-refractivity contribution >= 4 is 5.97 Å². The summed E-state index contributed by atoms with van der Waals surface area (Å²) in [5.74, 6) is -0.139. The monoisotopic (exact) mass is 244 g/mol. The molecule has 102 valence electrons. The first-order valence-electron chi connectivity index (χ1n) is 6.21. The molecule has 0 heterocycles. The second-order valence-electron chi connectivity index (χ2n) is 6.02. The van der Waals surface area contributed by atoms with Gasteiger partial charge < -0.3 is 15.4 Å². The van der Waals surface area contributed by atoms with Crippen LogP contribution in [0.25, 0.3) is 0 Å².